The predicted molar refractivity (Wildman–Crippen MR) is 79.1 cm³/mol. The normalized spacial score (nSPS) is 17.4. The summed E-state index contributed by atoms with van der Waals surface area (Å²) in [6.45, 7) is 1.35. The summed E-state index contributed by atoms with van der Waals surface area (Å²) in [6, 6.07) is 6.89. The van der Waals surface area contributed by atoms with E-state index in [2.05, 4.69) is 5.10 Å². The average Bonchev–Trinajstić information content (AvgIpc) is 3.17. The molecule has 116 valence electrons. The quantitative estimate of drug-likeness (QED) is 0.792. The van der Waals surface area contributed by atoms with Crippen LogP contribution in [-0.2, 0) is 11.8 Å². The first-order valence-electron chi connectivity index (χ1n) is 7.26. The third kappa shape index (κ3) is 3.65. The van der Waals surface area contributed by atoms with E-state index < -0.39 is 5.97 Å². The summed E-state index contributed by atoms with van der Waals surface area (Å²) in [5, 5.41) is 3.95. The Balaban J connectivity index is 1.54. The van der Waals surface area contributed by atoms with Crippen molar-refractivity contribution in [3.05, 3.63) is 42.2 Å². The molecule has 0 bridgehead atoms. The Hall–Kier alpha value is -2.34. The number of nitrogens with zero attached hydrogens (tertiary/aromatic N) is 2. The lowest BCUT2D eigenvalue weighted by Crippen LogP contribution is -2.16. The summed E-state index contributed by atoms with van der Waals surface area (Å²) in [5.41, 5.74) is 0.466. The molecule has 1 unspecified atom stereocenters. The number of hydrogen-bond donors (Lipinski definition) is 0. The molecule has 0 aliphatic carbocycles. The summed E-state index contributed by atoms with van der Waals surface area (Å²) in [4.78, 5) is 12.0. The largest absolute Gasteiger partial charge is 0.491 e. The van der Waals surface area contributed by atoms with E-state index >= 15 is 0 Å². The molecular weight excluding hydrogens is 284 g/mol. The number of carbonyl (C=O) groups excluding carboxylic acids is 1. The standard InChI is InChI=1S/C16H18N2O4/c1-18-10-15(9-17-18)22-16(19)12-4-6-13(7-5-12)21-11-14-3-2-8-20-14/h4-7,9-10,14H,2-3,8,11H2,1H3. The number of ether oxygens (including phenoxy) is 3. The van der Waals surface area contributed by atoms with E-state index in [-0.39, 0.29) is 6.10 Å². The number of benzene rings is 1. The number of aromatic nitrogens is 2. The van der Waals surface area contributed by atoms with Gasteiger partial charge in [-0.2, -0.15) is 5.10 Å². The van der Waals surface area contributed by atoms with E-state index in [1.165, 1.54) is 6.20 Å². The molecule has 6 heteroatoms. The highest BCUT2D eigenvalue weighted by atomic mass is 16.5. The van der Waals surface area contributed by atoms with Crippen LogP contribution < -0.4 is 9.47 Å². The van der Waals surface area contributed by atoms with Crippen molar-refractivity contribution in [1.82, 2.24) is 9.78 Å². The van der Waals surface area contributed by atoms with Gasteiger partial charge in [0.1, 0.15) is 12.4 Å². The van der Waals surface area contributed by atoms with Crippen molar-refractivity contribution in [1.29, 1.82) is 0 Å². The van der Waals surface area contributed by atoms with E-state index in [4.69, 9.17) is 14.2 Å². The lowest BCUT2D eigenvalue weighted by molar-refractivity contribution is 0.0678. The van der Waals surface area contributed by atoms with Gasteiger partial charge in [0.15, 0.2) is 5.75 Å². The van der Waals surface area contributed by atoms with Gasteiger partial charge in [0, 0.05) is 13.7 Å². The molecule has 2 aromatic rings. The molecule has 1 aliphatic heterocycles. The maximum absolute atomic E-state index is 12.0. The van der Waals surface area contributed by atoms with Crippen LogP contribution >= 0.6 is 0 Å². The van der Waals surface area contributed by atoms with Gasteiger partial charge in [0.25, 0.3) is 0 Å². The van der Waals surface area contributed by atoms with Crippen molar-refractivity contribution >= 4 is 5.97 Å². The van der Waals surface area contributed by atoms with Crippen molar-refractivity contribution in [2.24, 2.45) is 7.05 Å². The van der Waals surface area contributed by atoms with Crippen molar-refractivity contribution in [2.45, 2.75) is 18.9 Å². The first-order chi connectivity index (χ1) is 10.7. The Labute approximate surface area is 128 Å². The monoisotopic (exact) mass is 302 g/mol. The van der Waals surface area contributed by atoms with E-state index in [0.29, 0.717) is 23.7 Å². The molecule has 1 aromatic carbocycles. The number of rotatable bonds is 5. The van der Waals surface area contributed by atoms with Crippen LogP contribution in [-0.4, -0.2) is 35.1 Å². The topological polar surface area (TPSA) is 62.6 Å². The molecule has 1 fully saturated rings. The minimum atomic E-state index is -0.418. The molecule has 22 heavy (non-hydrogen) atoms. The molecule has 1 aromatic heterocycles. The Morgan fingerprint density at radius 2 is 2.18 bits per heavy atom. The highest BCUT2D eigenvalue weighted by molar-refractivity contribution is 5.91. The van der Waals surface area contributed by atoms with Gasteiger partial charge >= 0.3 is 5.97 Å². The first-order valence-corrected chi connectivity index (χ1v) is 7.26. The van der Waals surface area contributed by atoms with E-state index in [1.54, 1.807) is 42.2 Å². The van der Waals surface area contributed by atoms with Crippen molar-refractivity contribution in [2.75, 3.05) is 13.2 Å². The van der Waals surface area contributed by atoms with Crippen LogP contribution in [0.3, 0.4) is 0 Å². The Kier molecular flexibility index (Phi) is 4.39. The van der Waals surface area contributed by atoms with Crippen LogP contribution in [0.4, 0.5) is 0 Å². The number of aryl methyl sites for hydroxylation is 1. The molecule has 0 N–H and O–H groups in total. The molecule has 0 spiro atoms. The highest BCUT2D eigenvalue weighted by Gasteiger charge is 2.16. The molecular formula is C16H18N2O4. The number of carbonyl (C=O) groups is 1. The van der Waals surface area contributed by atoms with Gasteiger partial charge < -0.3 is 14.2 Å². The highest BCUT2D eigenvalue weighted by Crippen LogP contribution is 2.17. The average molecular weight is 302 g/mol. The zero-order valence-corrected chi connectivity index (χ0v) is 12.4. The van der Waals surface area contributed by atoms with Gasteiger partial charge in [0.2, 0.25) is 0 Å². The van der Waals surface area contributed by atoms with Crippen molar-refractivity contribution in [3.63, 3.8) is 0 Å². The third-order valence-corrected chi connectivity index (χ3v) is 3.44. The summed E-state index contributed by atoms with van der Waals surface area (Å²) in [7, 11) is 1.76. The van der Waals surface area contributed by atoms with Gasteiger partial charge in [-0.25, -0.2) is 4.79 Å². The fourth-order valence-corrected chi connectivity index (χ4v) is 2.27. The van der Waals surface area contributed by atoms with Crippen LogP contribution in [0.5, 0.6) is 11.5 Å². The summed E-state index contributed by atoms with van der Waals surface area (Å²) < 4.78 is 17.9. The summed E-state index contributed by atoms with van der Waals surface area (Å²) >= 11 is 0. The Morgan fingerprint density at radius 1 is 1.36 bits per heavy atom. The molecule has 0 amide bonds. The Morgan fingerprint density at radius 3 is 2.82 bits per heavy atom. The van der Waals surface area contributed by atoms with Gasteiger partial charge in [0.05, 0.1) is 24.1 Å². The van der Waals surface area contributed by atoms with Crippen LogP contribution in [0.1, 0.15) is 23.2 Å². The van der Waals surface area contributed by atoms with Crippen LogP contribution in [0.15, 0.2) is 36.7 Å². The van der Waals surface area contributed by atoms with Crippen LogP contribution in [0, 0.1) is 0 Å². The van der Waals surface area contributed by atoms with Gasteiger partial charge in [-0.1, -0.05) is 0 Å². The maximum atomic E-state index is 12.0. The molecule has 1 saturated heterocycles. The first kappa shape index (κ1) is 14.6. The Bertz CT molecular complexity index is 630. The van der Waals surface area contributed by atoms with E-state index in [9.17, 15) is 4.79 Å². The second kappa shape index (κ2) is 6.62. The van der Waals surface area contributed by atoms with Gasteiger partial charge in [-0.05, 0) is 37.1 Å². The zero-order valence-electron chi connectivity index (χ0n) is 12.4. The minimum Gasteiger partial charge on any atom is -0.491 e. The predicted octanol–water partition coefficient (Wildman–Crippen LogP) is 2.20. The van der Waals surface area contributed by atoms with Gasteiger partial charge in [-0.15, -0.1) is 0 Å². The minimum absolute atomic E-state index is 0.176. The maximum Gasteiger partial charge on any atom is 0.343 e. The molecule has 3 rings (SSSR count). The lowest BCUT2D eigenvalue weighted by Gasteiger charge is -2.11. The lowest BCUT2D eigenvalue weighted by atomic mass is 10.2. The van der Waals surface area contributed by atoms with Crippen molar-refractivity contribution < 1.29 is 19.0 Å². The fraction of sp³-hybridized carbons (Fsp3) is 0.375. The zero-order chi connectivity index (χ0) is 15.4. The number of esters is 1. The molecule has 0 saturated carbocycles. The SMILES string of the molecule is Cn1cc(OC(=O)c2ccc(OCC3CCCO3)cc2)cn1. The molecule has 0 radical (unpaired) electrons. The van der Waals surface area contributed by atoms with Gasteiger partial charge in [-0.3, -0.25) is 4.68 Å². The fourth-order valence-electron chi connectivity index (χ4n) is 2.27. The molecule has 1 aliphatic rings. The van der Waals surface area contributed by atoms with Crippen molar-refractivity contribution in [3.8, 4) is 11.5 Å². The second-order valence-corrected chi connectivity index (χ2v) is 5.21. The summed E-state index contributed by atoms with van der Waals surface area (Å²) in [6.07, 6.45) is 5.44. The third-order valence-electron chi connectivity index (χ3n) is 3.44. The molecule has 1 atom stereocenters. The summed E-state index contributed by atoms with van der Waals surface area (Å²) in [5.74, 6) is 0.721. The smallest absolute Gasteiger partial charge is 0.343 e. The molecule has 2 heterocycles. The van der Waals surface area contributed by atoms with E-state index in [1.807, 2.05) is 0 Å². The second-order valence-electron chi connectivity index (χ2n) is 5.21. The van der Waals surface area contributed by atoms with Crippen LogP contribution in [0.2, 0.25) is 0 Å². The number of hydrogen-bond acceptors (Lipinski definition) is 5. The van der Waals surface area contributed by atoms with Crippen LogP contribution in [0.25, 0.3) is 0 Å². The molecule has 6 nitrogen and oxygen atoms in total. The van der Waals surface area contributed by atoms with E-state index in [0.717, 1.165) is 19.4 Å².